The topological polar surface area (TPSA) is 46.0 Å². The number of hydrogen-bond donors (Lipinski definition) is 1. The Labute approximate surface area is 114 Å². The van der Waals surface area contributed by atoms with Crippen molar-refractivity contribution in [3.63, 3.8) is 0 Å². The molecule has 6 heteroatoms. The molecule has 0 unspecified atom stereocenters. The number of aliphatic hydroxyl groups is 1. The fraction of sp³-hybridized carbons (Fsp3) is 0.286. The van der Waals surface area contributed by atoms with E-state index in [1.165, 1.54) is 13.8 Å². The first-order valence-corrected chi connectivity index (χ1v) is 5.93. The first kappa shape index (κ1) is 14.5. The van der Waals surface area contributed by atoms with Crippen LogP contribution in [0.25, 0.3) is 11.3 Å². The summed E-state index contributed by atoms with van der Waals surface area (Å²) in [5.41, 5.74) is -1.64. The van der Waals surface area contributed by atoms with Gasteiger partial charge in [-0.3, -0.25) is 0 Å². The van der Waals surface area contributed by atoms with Crippen LogP contribution in [0.2, 0.25) is 0 Å². The molecule has 2 aromatic rings. The van der Waals surface area contributed by atoms with Crippen LogP contribution in [-0.2, 0) is 11.8 Å². The average Bonchev–Trinajstić information content (AvgIpc) is 2.37. The van der Waals surface area contributed by atoms with Gasteiger partial charge in [0.1, 0.15) is 0 Å². The van der Waals surface area contributed by atoms with Gasteiger partial charge >= 0.3 is 6.18 Å². The number of rotatable bonds is 2. The molecule has 0 saturated heterocycles. The standard InChI is InChI=1S/C14H13F3N2O/c1-13(2,20)10-8-11(14(15,16)17)18-19-12(10)9-6-4-3-5-7-9/h3-8,20H,1-2H3. The lowest BCUT2D eigenvalue weighted by molar-refractivity contribution is -0.141. The Morgan fingerprint density at radius 2 is 1.60 bits per heavy atom. The molecule has 0 atom stereocenters. The zero-order valence-corrected chi connectivity index (χ0v) is 10.9. The van der Waals surface area contributed by atoms with Gasteiger partial charge in [0.15, 0.2) is 5.69 Å². The maximum Gasteiger partial charge on any atom is 0.435 e. The predicted molar refractivity (Wildman–Crippen MR) is 67.7 cm³/mol. The van der Waals surface area contributed by atoms with E-state index in [0.717, 1.165) is 6.07 Å². The Bertz CT molecular complexity index is 604. The van der Waals surface area contributed by atoms with Crippen LogP contribution in [0.3, 0.4) is 0 Å². The van der Waals surface area contributed by atoms with Crippen molar-refractivity contribution in [2.75, 3.05) is 0 Å². The molecule has 1 N–H and O–H groups in total. The van der Waals surface area contributed by atoms with Gasteiger partial charge in [-0.05, 0) is 19.9 Å². The summed E-state index contributed by atoms with van der Waals surface area (Å²) in [5.74, 6) is 0. The molecule has 106 valence electrons. The van der Waals surface area contributed by atoms with Crippen LogP contribution >= 0.6 is 0 Å². The zero-order valence-electron chi connectivity index (χ0n) is 10.9. The summed E-state index contributed by atoms with van der Waals surface area (Å²) in [7, 11) is 0. The lowest BCUT2D eigenvalue weighted by Crippen LogP contribution is -2.21. The van der Waals surface area contributed by atoms with E-state index in [1.54, 1.807) is 30.3 Å². The number of benzene rings is 1. The van der Waals surface area contributed by atoms with Gasteiger partial charge in [-0.2, -0.15) is 13.2 Å². The molecule has 1 aromatic heterocycles. The van der Waals surface area contributed by atoms with Crippen LogP contribution in [0, 0.1) is 0 Å². The Morgan fingerprint density at radius 3 is 2.10 bits per heavy atom. The summed E-state index contributed by atoms with van der Waals surface area (Å²) in [4.78, 5) is 0. The van der Waals surface area contributed by atoms with Crippen LogP contribution in [0.4, 0.5) is 13.2 Å². The van der Waals surface area contributed by atoms with Crippen molar-refractivity contribution in [1.29, 1.82) is 0 Å². The van der Waals surface area contributed by atoms with Gasteiger partial charge in [0.2, 0.25) is 0 Å². The van der Waals surface area contributed by atoms with Gasteiger partial charge in [0.05, 0.1) is 11.3 Å². The third-order valence-corrected chi connectivity index (χ3v) is 2.79. The maximum atomic E-state index is 12.7. The molecule has 0 saturated carbocycles. The second-order valence-corrected chi connectivity index (χ2v) is 4.91. The molecule has 1 aromatic carbocycles. The molecule has 0 radical (unpaired) electrons. The second kappa shape index (κ2) is 4.86. The monoisotopic (exact) mass is 282 g/mol. The van der Waals surface area contributed by atoms with Crippen molar-refractivity contribution in [2.24, 2.45) is 0 Å². The highest BCUT2D eigenvalue weighted by molar-refractivity contribution is 5.63. The van der Waals surface area contributed by atoms with Crippen molar-refractivity contribution >= 4 is 0 Å². The van der Waals surface area contributed by atoms with Crippen LogP contribution < -0.4 is 0 Å². The largest absolute Gasteiger partial charge is 0.435 e. The van der Waals surface area contributed by atoms with E-state index in [2.05, 4.69) is 10.2 Å². The highest BCUT2D eigenvalue weighted by Crippen LogP contribution is 2.34. The van der Waals surface area contributed by atoms with E-state index in [9.17, 15) is 18.3 Å². The van der Waals surface area contributed by atoms with Crippen LogP contribution in [0.15, 0.2) is 36.4 Å². The predicted octanol–water partition coefficient (Wildman–Crippen LogP) is 3.39. The van der Waals surface area contributed by atoms with Crippen molar-refractivity contribution in [3.05, 3.63) is 47.7 Å². The first-order chi connectivity index (χ1) is 9.19. The lowest BCUT2D eigenvalue weighted by atomic mass is 9.93. The fourth-order valence-electron chi connectivity index (χ4n) is 1.81. The number of alkyl halides is 3. The van der Waals surface area contributed by atoms with Crippen LogP contribution in [0.1, 0.15) is 25.1 Å². The fourth-order valence-corrected chi connectivity index (χ4v) is 1.81. The van der Waals surface area contributed by atoms with Gasteiger partial charge in [-0.1, -0.05) is 30.3 Å². The van der Waals surface area contributed by atoms with Gasteiger partial charge in [-0.15, -0.1) is 10.2 Å². The summed E-state index contributed by atoms with van der Waals surface area (Å²) in [6.45, 7) is 2.83. The molecule has 1 heterocycles. The third-order valence-electron chi connectivity index (χ3n) is 2.79. The molecule has 0 fully saturated rings. The van der Waals surface area contributed by atoms with Gasteiger partial charge in [0.25, 0.3) is 0 Å². The van der Waals surface area contributed by atoms with E-state index in [-0.39, 0.29) is 11.3 Å². The summed E-state index contributed by atoms with van der Waals surface area (Å²) in [5, 5.41) is 17.0. The Balaban J connectivity index is 2.65. The molecule has 0 amide bonds. The summed E-state index contributed by atoms with van der Waals surface area (Å²) in [6.07, 6.45) is -4.60. The highest BCUT2D eigenvalue weighted by atomic mass is 19.4. The van der Waals surface area contributed by atoms with Gasteiger partial charge in [0, 0.05) is 11.1 Å². The van der Waals surface area contributed by atoms with Gasteiger partial charge in [-0.25, -0.2) is 0 Å². The summed E-state index contributed by atoms with van der Waals surface area (Å²) >= 11 is 0. The molecular formula is C14H13F3N2O. The Morgan fingerprint density at radius 1 is 1.00 bits per heavy atom. The molecular weight excluding hydrogens is 269 g/mol. The summed E-state index contributed by atoms with van der Waals surface area (Å²) < 4.78 is 38.1. The van der Waals surface area contributed by atoms with E-state index in [4.69, 9.17) is 0 Å². The van der Waals surface area contributed by atoms with E-state index in [1.807, 2.05) is 0 Å². The van der Waals surface area contributed by atoms with E-state index < -0.39 is 17.5 Å². The summed E-state index contributed by atoms with van der Waals surface area (Å²) in [6, 6.07) is 9.50. The molecule has 0 aliphatic rings. The number of nitrogens with zero attached hydrogens (tertiary/aromatic N) is 2. The number of hydrogen-bond acceptors (Lipinski definition) is 3. The third kappa shape index (κ3) is 2.96. The van der Waals surface area contributed by atoms with E-state index >= 15 is 0 Å². The first-order valence-electron chi connectivity index (χ1n) is 5.93. The van der Waals surface area contributed by atoms with Crippen molar-refractivity contribution < 1.29 is 18.3 Å². The molecule has 20 heavy (non-hydrogen) atoms. The SMILES string of the molecule is CC(C)(O)c1cc(C(F)(F)F)nnc1-c1ccccc1. The normalized spacial score (nSPS) is 12.5. The van der Waals surface area contributed by atoms with Gasteiger partial charge < -0.3 is 5.11 Å². The van der Waals surface area contributed by atoms with Crippen LogP contribution in [0.5, 0.6) is 0 Å². The van der Waals surface area contributed by atoms with Crippen molar-refractivity contribution in [1.82, 2.24) is 10.2 Å². The molecule has 0 spiro atoms. The Hall–Kier alpha value is -1.95. The molecule has 2 rings (SSSR count). The minimum atomic E-state index is -4.60. The van der Waals surface area contributed by atoms with Crippen molar-refractivity contribution in [3.8, 4) is 11.3 Å². The average molecular weight is 282 g/mol. The molecule has 0 bridgehead atoms. The number of aromatic nitrogens is 2. The maximum absolute atomic E-state index is 12.7. The minimum Gasteiger partial charge on any atom is -0.386 e. The smallest absolute Gasteiger partial charge is 0.386 e. The van der Waals surface area contributed by atoms with Crippen molar-refractivity contribution in [2.45, 2.75) is 25.6 Å². The quantitative estimate of drug-likeness (QED) is 0.918. The second-order valence-electron chi connectivity index (χ2n) is 4.91. The minimum absolute atomic E-state index is 0.0889. The Kier molecular flexibility index (Phi) is 3.52. The highest BCUT2D eigenvalue weighted by Gasteiger charge is 2.35. The number of halogens is 3. The molecule has 3 nitrogen and oxygen atoms in total. The van der Waals surface area contributed by atoms with Crippen LogP contribution in [-0.4, -0.2) is 15.3 Å². The molecule has 0 aliphatic heterocycles. The molecule has 0 aliphatic carbocycles. The van der Waals surface area contributed by atoms with E-state index in [0.29, 0.717) is 5.56 Å². The zero-order chi connectivity index (χ0) is 15.0. The lowest BCUT2D eigenvalue weighted by Gasteiger charge is -2.21.